The number of nitrogens with zero attached hydrogens (tertiary/aromatic N) is 1. The average Bonchev–Trinajstić information content (AvgIpc) is 3.03. The van der Waals surface area contributed by atoms with Crippen LogP contribution in [0.4, 0.5) is 0 Å². The third-order valence-electron chi connectivity index (χ3n) is 4.66. The molecule has 3 rings (SSSR count). The van der Waals surface area contributed by atoms with Crippen molar-refractivity contribution < 1.29 is 14.3 Å². The van der Waals surface area contributed by atoms with Crippen molar-refractivity contribution in [1.82, 2.24) is 10.6 Å². The topological polar surface area (TPSA) is 79.0 Å². The molecule has 0 aliphatic heterocycles. The van der Waals surface area contributed by atoms with Gasteiger partial charge in [-0.1, -0.05) is 30.3 Å². The molecule has 0 saturated heterocycles. The maximum Gasteiger partial charge on any atom is 0.191 e. The van der Waals surface area contributed by atoms with Crippen molar-refractivity contribution in [2.75, 3.05) is 20.2 Å². The summed E-state index contributed by atoms with van der Waals surface area (Å²) < 4.78 is 11.1. The molecule has 7 heteroatoms. The zero-order valence-corrected chi connectivity index (χ0v) is 19.3. The second-order valence-corrected chi connectivity index (χ2v) is 6.49. The van der Waals surface area contributed by atoms with Crippen LogP contribution >= 0.6 is 24.0 Å². The Kier molecular flexibility index (Phi) is 8.63. The van der Waals surface area contributed by atoms with Crippen LogP contribution in [0.2, 0.25) is 0 Å². The smallest absolute Gasteiger partial charge is 0.191 e. The Morgan fingerprint density at radius 2 is 1.93 bits per heavy atom. The van der Waals surface area contributed by atoms with Crippen molar-refractivity contribution in [3.05, 3.63) is 59.4 Å². The summed E-state index contributed by atoms with van der Waals surface area (Å²) in [5, 5.41) is 17.9. The van der Waals surface area contributed by atoms with Crippen LogP contribution in [0.3, 0.4) is 0 Å². The van der Waals surface area contributed by atoms with Crippen LogP contribution in [0.25, 0.3) is 11.0 Å². The number of fused-ring (bicyclic) bond motifs is 1. The number of phenolic OH excluding ortho intramolecular Hbond substituents is 1. The molecule has 0 aliphatic carbocycles. The van der Waals surface area contributed by atoms with Gasteiger partial charge in [-0.2, -0.15) is 0 Å². The molecule has 1 aromatic heterocycles. The Labute approximate surface area is 188 Å². The lowest BCUT2D eigenvalue weighted by molar-refractivity contribution is 0.370. The molecule has 29 heavy (non-hydrogen) atoms. The number of benzene rings is 2. The standard InChI is InChI=1S/C22H27N3O3.HI/c1-4-23-22(24-13-12-16-8-7-11-19(27-3)21(16)26)25-14-20-15(2)17-9-5-6-10-18(17)28-20;/h5-11,26H,4,12-14H2,1-3H3,(H2,23,24,25);1H. The number of hydrogen-bond acceptors (Lipinski definition) is 4. The van der Waals surface area contributed by atoms with E-state index >= 15 is 0 Å². The first-order valence-corrected chi connectivity index (χ1v) is 9.48. The molecule has 1 heterocycles. The summed E-state index contributed by atoms with van der Waals surface area (Å²) in [4.78, 5) is 4.64. The van der Waals surface area contributed by atoms with Gasteiger partial charge in [-0.3, -0.25) is 0 Å². The first kappa shape index (κ1) is 22.9. The second kappa shape index (κ2) is 10.9. The molecular weight excluding hydrogens is 481 g/mol. The number of para-hydroxylation sites is 2. The van der Waals surface area contributed by atoms with Crippen LogP contribution in [-0.2, 0) is 13.0 Å². The second-order valence-electron chi connectivity index (χ2n) is 6.49. The van der Waals surface area contributed by atoms with E-state index in [0.29, 0.717) is 31.2 Å². The fourth-order valence-electron chi connectivity index (χ4n) is 3.12. The minimum absolute atomic E-state index is 0. The molecule has 0 aliphatic rings. The lowest BCUT2D eigenvalue weighted by atomic mass is 10.1. The van der Waals surface area contributed by atoms with Crippen molar-refractivity contribution in [3.63, 3.8) is 0 Å². The fourth-order valence-corrected chi connectivity index (χ4v) is 3.12. The van der Waals surface area contributed by atoms with Crippen molar-refractivity contribution in [2.24, 2.45) is 4.99 Å². The first-order valence-electron chi connectivity index (χ1n) is 9.48. The zero-order chi connectivity index (χ0) is 19.9. The van der Waals surface area contributed by atoms with Gasteiger partial charge in [-0.25, -0.2) is 4.99 Å². The van der Waals surface area contributed by atoms with Crippen LogP contribution in [0.5, 0.6) is 11.5 Å². The normalized spacial score (nSPS) is 11.2. The van der Waals surface area contributed by atoms with E-state index in [1.54, 1.807) is 13.2 Å². The first-order chi connectivity index (χ1) is 13.6. The Bertz CT molecular complexity index is 969. The van der Waals surface area contributed by atoms with Gasteiger partial charge in [0.15, 0.2) is 17.5 Å². The minimum Gasteiger partial charge on any atom is -0.504 e. The largest absolute Gasteiger partial charge is 0.504 e. The summed E-state index contributed by atoms with van der Waals surface area (Å²) in [5.74, 6) is 2.25. The fraction of sp³-hybridized carbons (Fsp3) is 0.318. The zero-order valence-electron chi connectivity index (χ0n) is 17.0. The van der Waals surface area contributed by atoms with Crippen molar-refractivity contribution >= 4 is 40.9 Å². The molecule has 0 saturated carbocycles. The molecule has 3 aromatic rings. The van der Waals surface area contributed by atoms with E-state index in [2.05, 4.69) is 28.6 Å². The number of ether oxygens (including phenoxy) is 1. The molecule has 3 N–H and O–H groups in total. The summed E-state index contributed by atoms with van der Waals surface area (Å²) in [7, 11) is 1.55. The molecule has 0 radical (unpaired) electrons. The van der Waals surface area contributed by atoms with E-state index in [-0.39, 0.29) is 29.7 Å². The summed E-state index contributed by atoms with van der Waals surface area (Å²) >= 11 is 0. The Balaban J connectivity index is 0.00000300. The Hall–Kier alpha value is -2.42. The van der Waals surface area contributed by atoms with Crippen LogP contribution in [-0.4, -0.2) is 31.3 Å². The monoisotopic (exact) mass is 509 g/mol. The van der Waals surface area contributed by atoms with Crippen LogP contribution in [0.1, 0.15) is 23.8 Å². The van der Waals surface area contributed by atoms with Gasteiger partial charge in [-0.15, -0.1) is 24.0 Å². The molecule has 0 unspecified atom stereocenters. The molecule has 2 aromatic carbocycles. The third kappa shape index (κ3) is 5.56. The highest BCUT2D eigenvalue weighted by atomic mass is 127. The maximum atomic E-state index is 10.2. The lowest BCUT2D eigenvalue weighted by Crippen LogP contribution is -2.38. The molecule has 0 amide bonds. The van der Waals surface area contributed by atoms with E-state index in [4.69, 9.17) is 9.15 Å². The number of furan rings is 1. The lowest BCUT2D eigenvalue weighted by Gasteiger charge is -2.12. The minimum atomic E-state index is 0. The number of aliphatic imine (C=N–C) groups is 1. The number of hydrogen-bond donors (Lipinski definition) is 3. The summed E-state index contributed by atoms with van der Waals surface area (Å²) in [6.45, 7) is 5.93. The number of halogens is 1. The van der Waals surface area contributed by atoms with Gasteiger partial charge < -0.3 is 24.9 Å². The van der Waals surface area contributed by atoms with Gasteiger partial charge >= 0.3 is 0 Å². The van der Waals surface area contributed by atoms with E-state index in [1.165, 1.54) is 0 Å². The summed E-state index contributed by atoms with van der Waals surface area (Å²) in [6.07, 6.45) is 0.650. The van der Waals surface area contributed by atoms with Crippen LogP contribution in [0.15, 0.2) is 51.9 Å². The highest BCUT2D eigenvalue weighted by Crippen LogP contribution is 2.29. The van der Waals surface area contributed by atoms with Crippen LogP contribution in [0, 0.1) is 6.92 Å². The maximum absolute atomic E-state index is 10.2. The number of methoxy groups -OCH3 is 1. The highest BCUT2D eigenvalue weighted by Gasteiger charge is 2.10. The summed E-state index contributed by atoms with van der Waals surface area (Å²) in [5.41, 5.74) is 2.84. The van der Waals surface area contributed by atoms with Gasteiger partial charge in [0.05, 0.1) is 7.11 Å². The van der Waals surface area contributed by atoms with Gasteiger partial charge in [0.2, 0.25) is 0 Å². The van der Waals surface area contributed by atoms with E-state index in [0.717, 1.165) is 34.4 Å². The van der Waals surface area contributed by atoms with Crippen LogP contribution < -0.4 is 15.4 Å². The van der Waals surface area contributed by atoms with Gasteiger partial charge in [0.1, 0.15) is 17.9 Å². The number of nitrogens with one attached hydrogen (secondary N) is 2. The highest BCUT2D eigenvalue weighted by molar-refractivity contribution is 14.0. The Morgan fingerprint density at radius 1 is 1.14 bits per heavy atom. The molecule has 0 spiro atoms. The predicted molar refractivity (Wildman–Crippen MR) is 128 cm³/mol. The number of aryl methyl sites for hydroxylation is 1. The van der Waals surface area contributed by atoms with E-state index in [1.807, 2.05) is 37.3 Å². The van der Waals surface area contributed by atoms with Gasteiger partial charge in [0, 0.05) is 24.0 Å². The van der Waals surface area contributed by atoms with E-state index in [9.17, 15) is 5.11 Å². The molecule has 0 atom stereocenters. The third-order valence-corrected chi connectivity index (χ3v) is 4.66. The molecule has 156 valence electrons. The summed E-state index contributed by atoms with van der Waals surface area (Å²) in [6, 6.07) is 13.5. The Morgan fingerprint density at radius 3 is 2.66 bits per heavy atom. The number of rotatable bonds is 7. The quantitative estimate of drug-likeness (QED) is 0.251. The molecular formula is C22H28IN3O3. The molecule has 0 bridgehead atoms. The van der Waals surface area contributed by atoms with Crippen molar-refractivity contribution in [1.29, 1.82) is 0 Å². The predicted octanol–water partition coefficient (Wildman–Crippen LogP) is 4.37. The average molecular weight is 509 g/mol. The molecule has 0 fully saturated rings. The number of phenols is 1. The van der Waals surface area contributed by atoms with Crippen molar-refractivity contribution in [2.45, 2.75) is 26.8 Å². The van der Waals surface area contributed by atoms with E-state index < -0.39 is 0 Å². The van der Waals surface area contributed by atoms with Crippen molar-refractivity contribution in [3.8, 4) is 11.5 Å². The van der Waals surface area contributed by atoms with Gasteiger partial charge in [0.25, 0.3) is 0 Å². The van der Waals surface area contributed by atoms with Gasteiger partial charge in [-0.05, 0) is 38.0 Å². The SMILES string of the molecule is CCNC(=NCc1oc2ccccc2c1C)NCCc1cccc(OC)c1O.I. The number of aromatic hydroxyl groups is 1. The number of guanidine groups is 1. The molecule has 6 nitrogen and oxygen atoms in total.